The zero-order valence-corrected chi connectivity index (χ0v) is 8.00. The van der Waals surface area contributed by atoms with E-state index in [1.165, 1.54) is 5.12 Å². The van der Waals surface area contributed by atoms with Gasteiger partial charge in [-0.05, 0) is 13.8 Å². The van der Waals surface area contributed by atoms with E-state index in [0.717, 1.165) is 5.69 Å². The highest BCUT2D eigenvalue weighted by Crippen LogP contribution is 2.19. The quantitative estimate of drug-likeness (QED) is 0.421. The smallest absolute Gasteiger partial charge is 0.185 e. The predicted molar refractivity (Wildman–Crippen MR) is 51.6 cm³/mol. The number of rotatable bonds is 2. The molecule has 72 valence electrons. The lowest BCUT2D eigenvalue weighted by Gasteiger charge is -2.18. The van der Waals surface area contributed by atoms with E-state index in [-0.39, 0.29) is 0 Å². The second-order valence-electron chi connectivity index (χ2n) is 2.69. The van der Waals surface area contributed by atoms with Gasteiger partial charge in [0.1, 0.15) is 5.82 Å². The number of nitrogen functional groups attached to an aromatic ring is 1. The molecule has 6 nitrogen and oxygen atoms in total. The highest BCUT2D eigenvalue weighted by molar-refractivity contribution is 5.63. The molecule has 0 atom stereocenters. The third kappa shape index (κ3) is 1.85. The molecule has 13 heavy (non-hydrogen) atoms. The summed E-state index contributed by atoms with van der Waals surface area (Å²) in [6, 6.07) is 0. The van der Waals surface area contributed by atoms with Crippen LogP contribution in [0.4, 0.5) is 11.5 Å². The van der Waals surface area contributed by atoms with Gasteiger partial charge in [-0.2, -0.15) is 0 Å². The molecule has 1 aromatic heterocycles. The van der Waals surface area contributed by atoms with Crippen molar-refractivity contribution < 1.29 is 0 Å². The maximum absolute atomic E-state index is 5.74. The van der Waals surface area contributed by atoms with E-state index in [9.17, 15) is 0 Å². The molecule has 0 radical (unpaired) electrons. The molecule has 1 heterocycles. The van der Waals surface area contributed by atoms with Gasteiger partial charge in [0, 0.05) is 7.05 Å². The molecule has 0 aliphatic heterocycles. The number of anilines is 2. The van der Waals surface area contributed by atoms with E-state index >= 15 is 0 Å². The number of aryl methyl sites for hydroxylation is 2. The van der Waals surface area contributed by atoms with Crippen LogP contribution in [0.5, 0.6) is 0 Å². The monoisotopic (exact) mass is 182 g/mol. The molecule has 0 aliphatic rings. The molecule has 0 aromatic carbocycles. The molecule has 0 amide bonds. The van der Waals surface area contributed by atoms with E-state index in [0.29, 0.717) is 17.3 Å². The third-order valence-corrected chi connectivity index (χ3v) is 1.70. The lowest BCUT2D eigenvalue weighted by molar-refractivity contribution is 0.719. The van der Waals surface area contributed by atoms with Crippen molar-refractivity contribution in [2.75, 3.05) is 17.9 Å². The Morgan fingerprint density at radius 1 is 1.31 bits per heavy atom. The van der Waals surface area contributed by atoms with Crippen molar-refractivity contribution in [1.82, 2.24) is 15.4 Å². The lowest BCUT2D eigenvalue weighted by atomic mass is 10.3. The molecule has 0 unspecified atom stereocenters. The van der Waals surface area contributed by atoms with Crippen molar-refractivity contribution in [3.63, 3.8) is 0 Å². The van der Waals surface area contributed by atoms with Crippen LogP contribution in [0.15, 0.2) is 0 Å². The summed E-state index contributed by atoms with van der Waals surface area (Å²) in [5, 5.41) is 1.26. The highest BCUT2D eigenvalue weighted by Gasteiger charge is 2.10. The van der Waals surface area contributed by atoms with Crippen LogP contribution in [0.3, 0.4) is 0 Å². The molecule has 0 fully saturated rings. The average molecular weight is 182 g/mol. The van der Waals surface area contributed by atoms with Gasteiger partial charge in [-0.1, -0.05) is 0 Å². The third-order valence-electron chi connectivity index (χ3n) is 1.70. The number of nitrogens with zero attached hydrogens (tertiary/aromatic N) is 3. The van der Waals surface area contributed by atoms with Crippen molar-refractivity contribution in [3.05, 3.63) is 11.5 Å². The first-order valence-electron chi connectivity index (χ1n) is 3.89. The number of nitrogens with one attached hydrogen (secondary N) is 1. The van der Waals surface area contributed by atoms with Gasteiger partial charge < -0.3 is 5.73 Å². The Morgan fingerprint density at radius 2 is 1.92 bits per heavy atom. The summed E-state index contributed by atoms with van der Waals surface area (Å²) in [6.07, 6.45) is 0. The van der Waals surface area contributed by atoms with Crippen molar-refractivity contribution in [3.8, 4) is 0 Å². The van der Waals surface area contributed by atoms with Crippen LogP contribution in [0.25, 0.3) is 0 Å². The second-order valence-corrected chi connectivity index (χ2v) is 2.69. The first kappa shape index (κ1) is 9.69. The van der Waals surface area contributed by atoms with E-state index in [2.05, 4.69) is 15.4 Å². The number of hydrogen-bond donors (Lipinski definition) is 3. The summed E-state index contributed by atoms with van der Waals surface area (Å²) >= 11 is 0. The number of hydrazine groups is 2. The Kier molecular flexibility index (Phi) is 2.64. The Balaban J connectivity index is 3.20. The van der Waals surface area contributed by atoms with Crippen LogP contribution in [0.2, 0.25) is 0 Å². The van der Waals surface area contributed by atoms with Gasteiger partial charge in [0.05, 0.1) is 11.4 Å². The highest BCUT2D eigenvalue weighted by atomic mass is 15.7. The standard InChI is InChI=1S/C7H14N6/c1-4-6(8)7(13(9)10-3)12-5(2)11-4/h10H,8-9H2,1-3H3. The zero-order valence-electron chi connectivity index (χ0n) is 8.00. The maximum atomic E-state index is 5.74. The molecular weight excluding hydrogens is 168 g/mol. The minimum atomic E-state index is 0.488. The van der Waals surface area contributed by atoms with Crippen LogP contribution in [0, 0.1) is 13.8 Å². The van der Waals surface area contributed by atoms with E-state index in [4.69, 9.17) is 11.6 Å². The number of hydrogen-bond acceptors (Lipinski definition) is 6. The van der Waals surface area contributed by atoms with E-state index in [1.54, 1.807) is 14.0 Å². The Morgan fingerprint density at radius 3 is 2.46 bits per heavy atom. The number of aromatic nitrogens is 2. The lowest BCUT2D eigenvalue weighted by Crippen LogP contribution is -2.42. The molecule has 0 aliphatic carbocycles. The summed E-state index contributed by atoms with van der Waals surface area (Å²) in [7, 11) is 1.69. The minimum absolute atomic E-state index is 0.488. The fourth-order valence-electron chi connectivity index (χ4n) is 0.993. The van der Waals surface area contributed by atoms with Gasteiger partial charge in [-0.3, -0.25) is 0 Å². The number of nitrogens with two attached hydrogens (primary N) is 2. The van der Waals surface area contributed by atoms with Crippen molar-refractivity contribution in [1.29, 1.82) is 0 Å². The average Bonchev–Trinajstić information content (AvgIpc) is 2.10. The SMILES string of the molecule is CNN(N)c1nc(C)nc(C)c1N. The summed E-state index contributed by atoms with van der Waals surface area (Å²) in [5.41, 5.74) is 9.68. The van der Waals surface area contributed by atoms with Gasteiger partial charge in [-0.15, -0.1) is 0 Å². The van der Waals surface area contributed by atoms with E-state index in [1.807, 2.05) is 6.92 Å². The fourth-order valence-corrected chi connectivity index (χ4v) is 0.993. The minimum Gasteiger partial charge on any atom is -0.394 e. The second kappa shape index (κ2) is 3.55. The molecule has 6 heteroatoms. The van der Waals surface area contributed by atoms with Gasteiger partial charge in [-0.25, -0.2) is 26.4 Å². The van der Waals surface area contributed by atoms with Gasteiger partial charge in [0.2, 0.25) is 0 Å². The van der Waals surface area contributed by atoms with Gasteiger partial charge in [0.15, 0.2) is 5.82 Å². The summed E-state index contributed by atoms with van der Waals surface area (Å²) in [6.45, 7) is 3.61. The molecule has 1 aromatic rings. The maximum Gasteiger partial charge on any atom is 0.185 e. The van der Waals surface area contributed by atoms with Crippen molar-refractivity contribution in [2.24, 2.45) is 5.84 Å². The topological polar surface area (TPSA) is 93.1 Å². The largest absolute Gasteiger partial charge is 0.394 e. The first-order chi connectivity index (χ1) is 6.06. The normalized spacial score (nSPS) is 10.2. The van der Waals surface area contributed by atoms with Gasteiger partial charge >= 0.3 is 0 Å². The van der Waals surface area contributed by atoms with E-state index < -0.39 is 0 Å². The molecule has 0 saturated carbocycles. The van der Waals surface area contributed by atoms with Crippen LogP contribution in [0.1, 0.15) is 11.5 Å². The van der Waals surface area contributed by atoms with Crippen LogP contribution in [-0.4, -0.2) is 17.0 Å². The Labute approximate surface area is 76.9 Å². The predicted octanol–water partition coefficient (Wildman–Crippen LogP) is -0.510. The van der Waals surface area contributed by atoms with Crippen LogP contribution in [-0.2, 0) is 0 Å². The van der Waals surface area contributed by atoms with Crippen molar-refractivity contribution >= 4 is 11.5 Å². The van der Waals surface area contributed by atoms with Crippen LogP contribution >= 0.6 is 0 Å². The molecule has 0 bridgehead atoms. The Hall–Kier alpha value is -1.40. The summed E-state index contributed by atoms with van der Waals surface area (Å²) in [4.78, 5) is 8.21. The molecular formula is C7H14N6. The summed E-state index contributed by atoms with van der Waals surface area (Å²) < 4.78 is 0. The molecule has 0 spiro atoms. The zero-order chi connectivity index (χ0) is 10.0. The fraction of sp³-hybridized carbons (Fsp3) is 0.429. The molecule has 0 saturated heterocycles. The Bertz CT molecular complexity index is 310. The van der Waals surface area contributed by atoms with Crippen LogP contribution < -0.4 is 22.1 Å². The molecule has 5 N–H and O–H groups in total. The first-order valence-corrected chi connectivity index (χ1v) is 3.89. The molecule has 1 rings (SSSR count). The summed E-state index contributed by atoms with van der Waals surface area (Å²) in [5.74, 6) is 6.72. The van der Waals surface area contributed by atoms with Gasteiger partial charge in [0.25, 0.3) is 0 Å². The van der Waals surface area contributed by atoms with Crippen molar-refractivity contribution in [2.45, 2.75) is 13.8 Å².